The molecule has 1 aliphatic carbocycles. The quantitative estimate of drug-likeness (QED) is 0.913. The van der Waals surface area contributed by atoms with Gasteiger partial charge in [0.25, 0.3) is 5.91 Å². The summed E-state index contributed by atoms with van der Waals surface area (Å²) in [4.78, 5) is 16.6. The number of pyridine rings is 1. The molecule has 0 radical (unpaired) electrons. The van der Waals surface area contributed by atoms with Gasteiger partial charge < -0.3 is 10.1 Å². The number of aromatic nitrogens is 1. The third-order valence-corrected chi connectivity index (χ3v) is 4.65. The number of nitrogens with one attached hydrogen (secondary N) is 1. The summed E-state index contributed by atoms with van der Waals surface area (Å²) in [5.74, 6) is 0.543. The summed E-state index contributed by atoms with van der Waals surface area (Å²) in [6, 6.07) is 11.6. The van der Waals surface area contributed by atoms with Crippen molar-refractivity contribution in [3.8, 4) is 11.9 Å². The third kappa shape index (κ3) is 4.60. The predicted molar refractivity (Wildman–Crippen MR) is 99.0 cm³/mol. The van der Waals surface area contributed by atoms with Gasteiger partial charge in [0.2, 0.25) is 5.88 Å². The maximum absolute atomic E-state index is 12.5. The third-order valence-electron chi connectivity index (χ3n) is 4.65. The Morgan fingerprint density at radius 3 is 2.42 bits per heavy atom. The largest absolute Gasteiger partial charge is 0.474 e. The number of hydrogen-bond acceptors (Lipinski definition) is 4. The Morgan fingerprint density at radius 2 is 1.85 bits per heavy atom. The molecule has 1 aromatic carbocycles. The fourth-order valence-electron chi connectivity index (χ4n) is 3.39. The number of carbonyl (C=O) groups is 1. The van der Waals surface area contributed by atoms with Crippen molar-refractivity contribution in [2.45, 2.75) is 51.7 Å². The molecule has 0 spiro atoms. The van der Waals surface area contributed by atoms with Gasteiger partial charge >= 0.3 is 0 Å². The number of amides is 1. The van der Waals surface area contributed by atoms with Crippen LogP contribution in [0.4, 0.5) is 0 Å². The van der Waals surface area contributed by atoms with E-state index in [0.29, 0.717) is 11.4 Å². The van der Waals surface area contributed by atoms with Crippen molar-refractivity contribution in [1.82, 2.24) is 10.3 Å². The molecular formula is C21H23N3O2. The Kier molecular flexibility index (Phi) is 5.52. The first-order valence-corrected chi connectivity index (χ1v) is 8.95. The van der Waals surface area contributed by atoms with Crippen LogP contribution in [0.2, 0.25) is 0 Å². The van der Waals surface area contributed by atoms with Crippen molar-refractivity contribution < 1.29 is 9.53 Å². The molecule has 0 atom stereocenters. The van der Waals surface area contributed by atoms with E-state index in [1.807, 2.05) is 32.0 Å². The zero-order chi connectivity index (χ0) is 18.5. The summed E-state index contributed by atoms with van der Waals surface area (Å²) in [6.07, 6.45) is 5.14. The number of nitriles is 1. The number of hydrogen-bond donors (Lipinski definition) is 1. The molecule has 134 valence electrons. The molecule has 0 bridgehead atoms. The van der Waals surface area contributed by atoms with Crippen molar-refractivity contribution in [3.63, 3.8) is 0 Å². The molecule has 0 saturated heterocycles. The average molecular weight is 349 g/mol. The van der Waals surface area contributed by atoms with Crippen LogP contribution in [-0.2, 0) is 0 Å². The molecular weight excluding hydrogens is 326 g/mol. The summed E-state index contributed by atoms with van der Waals surface area (Å²) < 4.78 is 5.89. The smallest absolute Gasteiger partial charge is 0.251 e. The lowest BCUT2D eigenvalue weighted by Crippen LogP contribution is -2.39. The molecule has 1 amide bonds. The Balaban J connectivity index is 1.50. The summed E-state index contributed by atoms with van der Waals surface area (Å²) in [5.41, 5.74) is 3.45. The van der Waals surface area contributed by atoms with E-state index < -0.39 is 0 Å². The van der Waals surface area contributed by atoms with E-state index in [2.05, 4.69) is 16.4 Å². The zero-order valence-electron chi connectivity index (χ0n) is 15.2. The highest BCUT2D eigenvalue weighted by Gasteiger charge is 2.24. The highest BCUT2D eigenvalue weighted by atomic mass is 16.5. The number of ether oxygens (including phenoxy) is 1. The van der Waals surface area contributed by atoms with Crippen LogP contribution >= 0.6 is 0 Å². The predicted octanol–water partition coefficient (Wildman–Crippen LogP) is 3.69. The van der Waals surface area contributed by atoms with Gasteiger partial charge in [-0.1, -0.05) is 17.2 Å². The molecule has 1 fully saturated rings. The summed E-state index contributed by atoms with van der Waals surface area (Å²) in [6.45, 7) is 4.01. The van der Waals surface area contributed by atoms with Crippen LogP contribution in [0.1, 0.15) is 52.7 Å². The fourth-order valence-corrected chi connectivity index (χ4v) is 3.39. The molecule has 5 nitrogen and oxygen atoms in total. The minimum atomic E-state index is -0.00470. The van der Waals surface area contributed by atoms with Crippen molar-refractivity contribution in [2.75, 3.05) is 0 Å². The molecule has 1 saturated carbocycles. The second-order valence-electron chi connectivity index (χ2n) is 6.94. The SMILES string of the molecule is Cc1cc(C)cc(C(=O)NC2CCC(Oc3ccc(C#N)cn3)CC2)c1. The van der Waals surface area contributed by atoms with E-state index >= 15 is 0 Å². The van der Waals surface area contributed by atoms with Gasteiger partial charge in [-0.15, -0.1) is 0 Å². The van der Waals surface area contributed by atoms with Gasteiger partial charge in [0.15, 0.2) is 0 Å². The first-order chi connectivity index (χ1) is 12.5. The molecule has 1 heterocycles. The molecule has 1 N–H and O–H groups in total. The summed E-state index contributed by atoms with van der Waals surface area (Å²) >= 11 is 0. The van der Waals surface area contributed by atoms with Crippen molar-refractivity contribution >= 4 is 5.91 Å². The summed E-state index contributed by atoms with van der Waals surface area (Å²) in [5, 5.41) is 11.9. The van der Waals surface area contributed by atoms with Gasteiger partial charge in [-0.3, -0.25) is 4.79 Å². The Bertz CT molecular complexity index is 796. The lowest BCUT2D eigenvalue weighted by atomic mass is 9.92. The van der Waals surface area contributed by atoms with E-state index in [9.17, 15) is 4.79 Å². The molecule has 5 heteroatoms. The lowest BCUT2D eigenvalue weighted by molar-refractivity contribution is 0.0890. The van der Waals surface area contributed by atoms with Crippen LogP contribution < -0.4 is 10.1 Å². The molecule has 1 aromatic heterocycles. The maximum Gasteiger partial charge on any atom is 0.251 e. The van der Waals surface area contributed by atoms with Gasteiger partial charge in [0.05, 0.1) is 5.56 Å². The van der Waals surface area contributed by atoms with Crippen molar-refractivity contribution in [2.24, 2.45) is 0 Å². The molecule has 26 heavy (non-hydrogen) atoms. The van der Waals surface area contributed by atoms with Crippen molar-refractivity contribution in [1.29, 1.82) is 5.26 Å². The lowest BCUT2D eigenvalue weighted by Gasteiger charge is -2.29. The Hall–Kier alpha value is -2.87. The topological polar surface area (TPSA) is 75.0 Å². The van der Waals surface area contributed by atoms with Crippen molar-refractivity contribution in [3.05, 3.63) is 58.8 Å². The molecule has 3 rings (SSSR count). The average Bonchev–Trinajstić information content (AvgIpc) is 2.63. The first kappa shape index (κ1) is 17.9. The zero-order valence-corrected chi connectivity index (χ0v) is 15.2. The maximum atomic E-state index is 12.5. The van der Waals surface area contributed by atoms with Crippen LogP contribution in [0.5, 0.6) is 5.88 Å². The first-order valence-electron chi connectivity index (χ1n) is 8.95. The standard InChI is InChI=1S/C21H23N3O2/c1-14-9-15(2)11-17(10-14)21(25)24-18-4-6-19(7-5-18)26-20-8-3-16(12-22)13-23-20/h3,8-11,13,18-19H,4-7H2,1-2H3,(H,24,25). The van der Waals surface area contributed by atoms with E-state index in [-0.39, 0.29) is 18.1 Å². The minimum Gasteiger partial charge on any atom is -0.474 e. The normalized spacial score (nSPS) is 19.4. The minimum absolute atomic E-state index is 0.00470. The fraction of sp³-hybridized carbons (Fsp3) is 0.381. The van der Waals surface area contributed by atoms with Crippen LogP contribution in [0.25, 0.3) is 0 Å². The molecule has 1 aliphatic rings. The van der Waals surface area contributed by atoms with E-state index in [1.54, 1.807) is 12.1 Å². The Labute approximate surface area is 154 Å². The monoisotopic (exact) mass is 349 g/mol. The van der Waals surface area contributed by atoms with Crippen LogP contribution in [0.15, 0.2) is 36.5 Å². The second kappa shape index (κ2) is 8.01. The highest BCUT2D eigenvalue weighted by molar-refractivity contribution is 5.94. The number of carbonyl (C=O) groups excluding carboxylic acids is 1. The molecule has 0 unspecified atom stereocenters. The van der Waals surface area contributed by atoms with Gasteiger partial charge in [-0.2, -0.15) is 5.26 Å². The summed E-state index contributed by atoms with van der Waals surface area (Å²) in [7, 11) is 0. The van der Waals surface area contributed by atoms with E-state index in [4.69, 9.17) is 10.00 Å². The van der Waals surface area contributed by atoms with Crippen LogP contribution in [-0.4, -0.2) is 23.0 Å². The number of aryl methyl sites for hydroxylation is 2. The van der Waals surface area contributed by atoms with Gasteiger partial charge in [0, 0.05) is 23.9 Å². The second-order valence-corrected chi connectivity index (χ2v) is 6.94. The molecule has 0 aliphatic heterocycles. The van der Waals surface area contributed by atoms with Crippen LogP contribution in [0.3, 0.4) is 0 Å². The van der Waals surface area contributed by atoms with Gasteiger partial charge in [0.1, 0.15) is 12.2 Å². The van der Waals surface area contributed by atoms with Gasteiger partial charge in [-0.25, -0.2) is 4.98 Å². The van der Waals surface area contributed by atoms with Crippen LogP contribution in [0, 0.1) is 25.2 Å². The number of rotatable bonds is 4. The number of benzene rings is 1. The van der Waals surface area contributed by atoms with E-state index in [1.165, 1.54) is 6.20 Å². The highest BCUT2D eigenvalue weighted by Crippen LogP contribution is 2.23. The molecule has 2 aromatic rings. The van der Waals surface area contributed by atoms with E-state index in [0.717, 1.165) is 42.4 Å². The van der Waals surface area contributed by atoms with Gasteiger partial charge in [-0.05, 0) is 57.7 Å². The Morgan fingerprint density at radius 1 is 1.15 bits per heavy atom. The number of nitrogens with zero attached hydrogens (tertiary/aromatic N) is 2.